The van der Waals surface area contributed by atoms with Crippen molar-refractivity contribution in [2.75, 3.05) is 0 Å². The number of fused-ring (bicyclic) bond motifs is 3. The summed E-state index contributed by atoms with van der Waals surface area (Å²) in [4.78, 5) is 0. The quantitative estimate of drug-likeness (QED) is 0.599. The van der Waals surface area contributed by atoms with Crippen LogP contribution in [-0.2, 0) is 6.42 Å². The van der Waals surface area contributed by atoms with E-state index in [0.29, 0.717) is 0 Å². The monoisotopic (exact) mass is 198 g/mol. The van der Waals surface area contributed by atoms with E-state index in [2.05, 4.69) is 28.5 Å². The van der Waals surface area contributed by atoms with Crippen LogP contribution in [-0.4, -0.2) is 20.0 Å². The molecule has 0 radical (unpaired) electrons. The van der Waals surface area contributed by atoms with Crippen LogP contribution in [0.4, 0.5) is 0 Å². The topological polar surface area (TPSA) is 43.1 Å². The summed E-state index contributed by atoms with van der Waals surface area (Å²) in [5.74, 6) is 0. The lowest BCUT2D eigenvalue weighted by Gasteiger charge is -2.04. The fraction of sp³-hybridized carbons (Fsp3) is 0.182. The number of aryl methyl sites for hydroxylation is 1. The predicted molar refractivity (Wildman–Crippen MR) is 57.7 cm³/mol. The number of tetrazole rings is 1. The molecule has 0 unspecified atom stereocenters. The maximum absolute atomic E-state index is 3.98. The molecule has 2 aromatic heterocycles. The number of nitrogens with zero attached hydrogens (tertiary/aromatic N) is 4. The van der Waals surface area contributed by atoms with Crippen LogP contribution in [0.2, 0.25) is 0 Å². The SMILES string of the molecule is CCc1cc2nnnn2c2ccccc12. The van der Waals surface area contributed by atoms with Gasteiger partial charge in [0, 0.05) is 5.39 Å². The van der Waals surface area contributed by atoms with E-state index in [1.54, 1.807) is 4.52 Å². The molecule has 1 aromatic carbocycles. The standard InChI is InChI=1S/C11H10N4/c1-2-8-7-11-12-13-14-15(11)10-6-4-3-5-9(8)10/h3-7H,2H2,1H3. The summed E-state index contributed by atoms with van der Waals surface area (Å²) in [6.45, 7) is 2.14. The highest BCUT2D eigenvalue weighted by Crippen LogP contribution is 2.20. The van der Waals surface area contributed by atoms with Gasteiger partial charge in [-0.25, -0.2) is 0 Å². The molecule has 74 valence electrons. The number of aromatic nitrogens is 4. The van der Waals surface area contributed by atoms with Crippen LogP contribution < -0.4 is 0 Å². The minimum absolute atomic E-state index is 0.811. The van der Waals surface area contributed by atoms with Crippen molar-refractivity contribution < 1.29 is 0 Å². The van der Waals surface area contributed by atoms with Gasteiger partial charge in [-0.2, -0.15) is 4.52 Å². The largest absolute Gasteiger partial charge is 0.193 e. The van der Waals surface area contributed by atoms with Crippen molar-refractivity contribution in [3.05, 3.63) is 35.9 Å². The Morgan fingerprint density at radius 2 is 2.13 bits per heavy atom. The lowest BCUT2D eigenvalue weighted by molar-refractivity contribution is 0.841. The summed E-state index contributed by atoms with van der Waals surface area (Å²) in [6, 6.07) is 10.2. The van der Waals surface area contributed by atoms with Crippen LogP contribution in [0, 0.1) is 0 Å². The first-order valence-corrected chi connectivity index (χ1v) is 4.99. The first-order valence-electron chi connectivity index (χ1n) is 4.99. The third-order valence-corrected chi connectivity index (χ3v) is 2.66. The van der Waals surface area contributed by atoms with Crippen LogP contribution in [0.1, 0.15) is 12.5 Å². The Labute approximate surface area is 86.5 Å². The van der Waals surface area contributed by atoms with Crippen molar-refractivity contribution >= 4 is 16.6 Å². The van der Waals surface area contributed by atoms with Gasteiger partial charge < -0.3 is 0 Å². The van der Waals surface area contributed by atoms with Gasteiger partial charge in [-0.15, -0.1) is 5.10 Å². The van der Waals surface area contributed by atoms with E-state index < -0.39 is 0 Å². The van der Waals surface area contributed by atoms with Crippen molar-refractivity contribution in [2.45, 2.75) is 13.3 Å². The average molecular weight is 198 g/mol. The van der Waals surface area contributed by atoms with Crippen LogP contribution in [0.15, 0.2) is 30.3 Å². The Morgan fingerprint density at radius 1 is 1.27 bits per heavy atom. The molecule has 3 rings (SSSR count). The third-order valence-electron chi connectivity index (χ3n) is 2.66. The highest BCUT2D eigenvalue weighted by molar-refractivity contribution is 5.85. The number of pyridine rings is 1. The van der Waals surface area contributed by atoms with Crippen LogP contribution in [0.25, 0.3) is 16.6 Å². The minimum atomic E-state index is 0.811. The zero-order valence-corrected chi connectivity index (χ0v) is 8.38. The molecule has 0 saturated carbocycles. The van der Waals surface area contributed by atoms with Gasteiger partial charge in [-0.05, 0) is 34.5 Å². The number of rotatable bonds is 1. The van der Waals surface area contributed by atoms with Gasteiger partial charge in [0.2, 0.25) is 0 Å². The Kier molecular flexibility index (Phi) is 1.68. The highest BCUT2D eigenvalue weighted by Gasteiger charge is 2.06. The number of para-hydroxylation sites is 1. The molecule has 15 heavy (non-hydrogen) atoms. The Balaban J connectivity index is 2.58. The summed E-state index contributed by atoms with van der Waals surface area (Å²) in [5, 5.41) is 12.9. The van der Waals surface area contributed by atoms with Crippen molar-refractivity contribution in [3.8, 4) is 0 Å². The van der Waals surface area contributed by atoms with Gasteiger partial charge in [0.15, 0.2) is 5.65 Å². The van der Waals surface area contributed by atoms with Gasteiger partial charge in [0.05, 0.1) is 5.52 Å². The molecule has 0 aliphatic carbocycles. The summed E-state index contributed by atoms with van der Waals surface area (Å²) in [5.41, 5.74) is 3.16. The predicted octanol–water partition coefficient (Wildman–Crippen LogP) is 1.84. The fourth-order valence-corrected chi connectivity index (χ4v) is 1.91. The molecule has 0 saturated heterocycles. The van der Waals surface area contributed by atoms with E-state index in [-0.39, 0.29) is 0 Å². The first-order chi connectivity index (χ1) is 7.40. The van der Waals surface area contributed by atoms with E-state index in [1.165, 1.54) is 10.9 Å². The molecular formula is C11H10N4. The summed E-state index contributed by atoms with van der Waals surface area (Å²) in [6.07, 6.45) is 0.990. The Morgan fingerprint density at radius 3 is 3.00 bits per heavy atom. The number of hydrogen-bond donors (Lipinski definition) is 0. The lowest BCUT2D eigenvalue weighted by atomic mass is 10.1. The summed E-state index contributed by atoms with van der Waals surface area (Å²) < 4.78 is 1.77. The molecule has 0 aliphatic rings. The van der Waals surface area contributed by atoms with Gasteiger partial charge in [-0.1, -0.05) is 25.1 Å². The summed E-state index contributed by atoms with van der Waals surface area (Å²) >= 11 is 0. The second-order valence-electron chi connectivity index (χ2n) is 3.49. The van der Waals surface area contributed by atoms with E-state index >= 15 is 0 Å². The van der Waals surface area contributed by atoms with E-state index in [0.717, 1.165) is 17.6 Å². The fourth-order valence-electron chi connectivity index (χ4n) is 1.91. The maximum atomic E-state index is 3.98. The van der Waals surface area contributed by atoms with Gasteiger partial charge >= 0.3 is 0 Å². The molecule has 0 fully saturated rings. The van der Waals surface area contributed by atoms with Crippen LogP contribution >= 0.6 is 0 Å². The molecule has 4 heteroatoms. The molecule has 3 aromatic rings. The molecule has 2 heterocycles. The molecular weight excluding hydrogens is 188 g/mol. The molecule has 0 amide bonds. The minimum Gasteiger partial charge on any atom is -0.193 e. The average Bonchev–Trinajstić information content (AvgIpc) is 2.76. The number of benzene rings is 1. The third kappa shape index (κ3) is 1.11. The lowest BCUT2D eigenvalue weighted by Crippen LogP contribution is -1.94. The Bertz CT molecular complexity index is 627. The van der Waals surface area contributed by atoms with Gasteiger partial charge in [-0.3, -0.25) is 0 Å². The van der Waals surface area contributed by atoms with Crippen molar-refractivity contribution in [3.63, 3.8) is 0 Å². The molecule has 4 nitrogen and oxygen atoms in total. The van der Waals surface area contributed by atoms with Crippen molar-refractivity contribution in [2.24, 2.45) is 0 Å². The molecule has 0 aliphatic heterocycles. The van der Waals surface area contributed by atoms with Gasteiger partial charge in [0.25, 0.3) is 0 Å². The molecule has 0 N–H and O–H groups in total. The van der Waals surface area contributed by atoms with Crippen LogP contribution in [0.3, 0.4) is 0 Å². The zero-order valence-electron chi connectivity index (χ0n) is 8.38. The highest BCUT2D eigenvalue weighted by atomic mass is 15.5. The normalized spacial score (nSPS) is 11.3. The maximum Gasteiger partial charge on any atom is 0.180 e. The Hall–Kier alpha value is -1.97. The smallest absolute Gasteiger partial charge is 0.180 e. The van der Waals surface area contributed by atoms with E-state index in [1.807, 2.05) is 24.3 Å². The first kappa shape index (κ1) is 8.35. The van der Waals surface area contributed by atoms with Crippen molar-refractivity contribution in [1.29, 1.82) is 0 Å². The van der Waals surface area contributed by atoms with Crippen LogP contribution in [0.5, 0.6) is 0 Å². The molecule has 0 spiro atoms. The second-order valence-corrected chi connectivity index (χ2v) is 3.49. The molecule has 0 bridgehead atoms. The second kappa shape index (κ2) is 3.02. The van der Waals surface area contributed by atoms with Gasteiger partial charge in [0.1, 0.15) is 0 Å². The van der Waals surface area contributed by atoms with Crippen molar-refractivity contribution in [1.82, 2.24) is 20.0 Å². The summed E-state index contributed by atoms with van der Waals surface area (Å²) in [7, 11) is 0. The number of hydrogen-bond acceptors (Lipinski definition) is 3. The molecule has 0 atom stereocenters. The van der Waals surface area contributed by atoms with E-state index in [9.17, 15) is 0 Å². The van der Waals surface area contributed by atoms with E-state index in [4.69, 9.17) is 0 Å². The zero-order chi connectivity index (χ0) is 10.3.